The minimum absolute atomic E-state index is 0.136. The Morgan fingerprint density at radius 2 is 1.96 bits per heavy atom. The molecule has 1 amide bonds. The third kappa shape index (κ3) is 4.91. The molecular weight excluding hydrogens is 411 g/mol. The Kier molecular flexibility index (Phi) is 6.21. The molecule has 0 atom stereocenters. The van der Waals surface area contributed by atoms with Crippen molar-refractivity contribution in [2.45, 2.75) is 13.3 Å². The predicted molar refractivity (Wildman–Crippen MR) is 106 cm³/mol. The van der Waals surface area contributed by atoms with Gasteiger partial charge in [-0.15, -0.1) is 0 Å². The van der Waals surface area contributed by atoms with Crippen molar-refractivity contribution in [1.29, 1.82) is 0 Å². The fourth-order valence-electron chi connectivity index (χ4n) is 2.33. The van der Waals surface area contributed by atoms with Gasteiger partial charge in [0.25, 0.3) is 0 Å². The number of aryl methyl sites for hydroxylation is 1. The molecule has 0 saturated heterocycles. The fraction of sp³-hybridized carbons (Fsp3) is 0.167. The second-order valence-electron chi connectivity index (χ2n) is 5.62. The molecule has 2 aromatic heterocycles. The van der Waals surface area contributed by atoms with E-state index in [1.54, 1.807) is 37.3 Å². The highest BCUT2D eigenvalue weighted by Gasteiger charge is 2.15. The molecule has 0 fully saturated rings. The molecule has 1 N–H and O–H groups in total. The van der Waals surface area contributed by atoms with Gasteiger partial charge in [0.05, 0.1) is 33.8 Å². The normalized spacial score (nSPS) is 10.7. The summed E-state index contributed by atoms with van der Waals surface area (Å²) in [5.41, 5.74) is 0.699. The van der Waals surface area contributed by atoms with E-state index in [2.05, 4.69) is 15.4 Å². The van der Waals surface area contributed by atoms with Gasteiger partial charge in [-0.2, -0.15) is 9.78 Å². The van der Waals surface area contributed by atoms with Crippen LogP contribution in [0.2, 0.25) is 15.1 Å². The molecule has 0 aliphatic carbocycles. The molecule has 0 radical (unpaired) electrons. The maximum absolute atomic E-state index is 12.3. The number of halogens is 3. The lowest BCUT2D eigenvalue weighted by molar-refractivity contribution is -0.116. The number of nitrogens with one attached hydrogen (secondary N) is 1. The molecule has 3 aromatic rings. The molecule has 0 saturated carbocycles. The quantitative estimate of drug-likeness (QED) is 0.607. The summed E-state index contributed by atoms with van der Waals surface area (Å²) in [5, 5.41) is 8.35. The molecule has 3 rings (SSSR count). The lowest BCUT2D eigenvalue weighted by Gasteiger charge is -2.10. The number of amides is 1. The van der Waals surface area contributed by atoms with E-state index in [0.717, 1.165) is 0 Å². The van der Waals surface area contributed by atoms with Crippen molar-refractivity contribution >= 4 is 46.5 Å². The van der Waals surface area contributed by atoms with Gasteiger partial charge < -0.3 is 10.1 Å². The van der Waals surface area contributed by atoms with Crippen LogP contribution in [0.5, 0.6) is 5.75 Å². The van der Waals surface area contributed by atoms with E-state index in [1.165, 1.54) is 10.9 Å². The van der Waals surface area contributed by atoms with Crippen molar-refractivity contribution in [1.82, 2.24) is 14.8 Å². The fourth-order valence-corrected chi connectivity index (χ4v) is 2.98. The van der Waals surface area contributed by atoms with Crippen molar-refractivity contribution in [2.24, 2.45) is 0 Å². The molecule has 0 unspecified atom stereocenters. The summed E-state index contributed by atoms with van der Waals surface area (Å²) in [5.74, 6) is 1.11. The van der Waals surface area contributed by atoms with E-state index in [0.29, 0.717) is 38.1 Å². The molecule has 27 heavy (non-hydrogen) atoms. The monoisotopic (exact) mass is 424 g/mol. The molecule has 0 aliphatic heterocycles. The average molecular weight is 426 g/mol. The number of aromatic nitrogens is 3. The number of hydrogen-bond donors (Lipinski definition) is 1. The van der Waals surface area contributed by atoms with Crippen LogP contribution in [-0.2, 0) is 4.79 Å². The minimum atomic E-state index is -0.242. The topological polar surface area (TPSA) is 69.0 Å². The van der Waals surface area contributed by atoms with E-state index in [4.69, 9.17) is 39.5 Å². The summed E-state index contributed by atoms with van der Waals surface area (Å²) >= 11 is 18.1. The maximum Gasteiger partial charge on any atom is 0.228 e. The molecule has 1 aromatic carbocycles. The van der Waals surface area contributed by atoms with Crippen LogP contribution in [0.25, 0.3) is 5.82 Å². The summed E-state index contributed by atoms with van der Waals surface area (Å²) < 4.78 is 6.99. The van der Waals surface area contributed by atoms with Gasteiger partial charge in [0, 0.05) is 12.3 Å². The first-order chi connectivity index (χ1) is 12.9. The number of rotatable bonds is 6. The number of benzene rings is 1. The molecule has 0 bridgehead atoms. The Morgan fingerprint density at radius 1 is 1.19 bits per heavy atom. The first kappa shape index (κ1) is 19.5. The first-order valence-electron chi connectivity index (χ1n) is 7.99. The number of pyridine rings is 1. The van der Waals surface area contributed by atoms with Gasteiger partial charge in [0.15, 0.2) is 5.82 Å². The Hall–Kier alpha value is -2.28. The Morgan fingerprint density at radius 3 is 2.70 bits per heavy atom. The first-order valence-corrected chi connectivity index (χ1v) is 9.12. The van der Waals surface area contributed by atoms with Crippen LogP contribution in [0.15, 0.2) is 42.6 Å². The second kappa shape index (κ2) is 8.61. The summed E-state index contributed by atoms with van der Waals surface area (Å²) in [7, 11) is 0. The van der Waals surface area contributed by atoms with Crippen molar-refractivity contribution in [3.05, 3.63) is 63.4 Å². The highest BCUT2D eigenvalue weighted by molar-refractivity contribution is 6.35. The molecule has 0 spiro atoms. The van der Waals surface area contributed by atoms with Crippen molar-refractivity contribution in [2.75, 3.05) is 11.9 Å². The second-order valence-corrected chi connectivity index (χ2v) is 6.87. The van der Waals surface area contributed by atoms with E-state index in [1.807, 2.05) is 6.07 Å². The third-order valence-corrected chi connectivity index (χ3v) is 4.31. The van der Waals surface area contributed by atoms with Gasteiger partial charge in [-0.3, -0.25) is 4.79 Å². The van der Waals surface area contributed by atoms with Gasteiger partial charge in [-0.1, -0.05) is 46.9 Å². The van der Waals surface area contributed by atoms with Crippen LogP contribution in [0.3, 0.4) is 0 Å². The van der Waals surface area contributed by atoms with Crippen molar-refractivity contribution in [3.63, 3.8) is 0 Å². The minimum Gasteiger partial charge on any atom is -0.491 e. The maximum atomic E-state index is 12.3. The average Bonchev–Trinajstić information content (AvgIpc) is 2.96. The van der Waals surface area contributed by atoms with Crippen LogP contribution >= 0.6 is 34.8 Å². The number of ether oxygens (including phenoxy) is 1. The van der Waals surface area contributed by atoms with Crippen LogP contribution in [0.1, 0.15) is 12.1 Å². The molecule has 9 heteroatoms. The van der Waals surface area contributed by atoms with Gasteiger partial charge in [-0.05, 0) is 25.1 Å². The Bertz CT molecular complexity index is 975. The van der Waals surface area contributed by atoms with Crippen LogP contribution < -0.4 is 10.1 Å². The number of anilines is 1. The standard InChI is InChI=1S/C18H15Cl3N4O2/c1-11-8-16(25(24-11)18-14(21)9-12(19)10-22-18)23-17(26)6-7-27-15-5-3-2-4-13(15)20/h2-5,8-10H,6-7H2,1H3,(H,23,26). The molecular formula is C18H15Cl3N4O2. The highest BCUT2D eigenvalue weighted by Crippen LogP contribution is 2.25. The number of hydrogen-bond acceptors (Lipinski definition) is 4. The van der Waals surface area contributed by atoms with E-state index < -0.39 is 0 Å². The Labute approximate surface area is 171 Å². The predicted octanol–water partition coefficient (Wildman–Crippen LogP) is 4.94. The summed E-state index contributed by atoms with van der Waals surface area (Å²) in [6.07, 6.45) is 1.60. The summed E-state index contributed by atoms with van der Waals surface area (Å²) in [4.78, 5) is 16.5. The lowest BCUT2D eigenvalue weighted by atomic mass is 10.3. The van der Waals surface area contributed by atoms with Crippen LogP contribution in [0.4, 0.5) is 5.82 Å². The smallest absolute Gasteiger partial charge is 0.228 e. The zero-order valence-corrected chi connectivity index (χ0v) is 16.5. The zero-order chi connectivity index (χ0) is 19.4. The summed E-state index contributed by atoms with van der Waals surface area (Å²) in [6.45, 7) is 1.99. The molecule has 2 heterocycles. The summed E-state index contributed by atoms with van der Waals surface area (Å²) in [6, 6.07) is 10.4. The van der Waals surface area contributed by atoms with Gasteiger partial charge in [0.1, 0.15) is 11.6 Å². The number of carbonyl (C=O) groups excluding carboxylic acids is 1. The van der Waals surface area contributed by atoms with E-state index in [9.17, 15) is 4.79 Å². The number of para-hydroxylation sites is 1. The van der Waals surface area contributed by atoms with E-state index in [-0.39, 0.29) is 18.9 Å². The molecule has 0 aliphatic rings. The highest BCUT2D eigenvalue weighted by atomic mass is 35.5. The zero-order valence-electron chi connectivity index (χ0n) is 14.2. The lowest BCUT2D eigenvalue weighted by Crippen LogP contribution is -2.18. The van der Waals surface area contributed by atoms with Gasteiger partial charge >= 0.3 is 0 Å². The molecule has 140 valence electrons. The van der Waals surface area contributed by atoms with Crippen molar-refractivity contribution < 1.29 is 9.53 Å². The van der Waals surface area contributed by atoms with E-state index >= 15 is 0 Å². The molecule has 6 nitrogen and oxygen atoms in total. The number of carbonyl (C=O) groups is 1. The van der Waals surface area contributed by atoms with Crippen molar-refractivity contribution in [3.8, 4) is 11.6 Å². The van der Waals surface area contributed by atoms with Gasteiger partial charge in [0.2, 0.25) is 5.91 Å². The largest absolute Gasteiger partial charge is 0.491 e. The van der Waals surface area contributed by atoms with Crippen LogP contribution in [-0.4, -0.2) is 27.3 Å². The number of nitrogens with zero attached hydrogens (tertiary/aromatic N) is 3. The Balaban J connectivity index is 1.67. The van der Waals surface area contributed by atoms with Crippen LogP contribution in [0, 0.1) is 6.92 Å². The SMILES string of the molecule is Cc1cc(NC(=O)CCOc2ccccc2Cl)n(-c2ncc(Cl)cc2Cl)n1. The van der Waals surface area contributed by atoms with Gasteiger partial charge in [-0.25, -0.2) is 4.98 Å². The third-order valence-electron chi connectivity index (χ3n) is 3.51.